The molecule has 0 bridgehead atoms. The number of aromatic nitrogens is 2. The van der Waals surface area contributed by atoms with Crippen molar-refractivity contribution < 1.29 is 0 Å². The van der Waals surface area contributed by atoms with E-state index < -0.39 is 0 Å². The Morgan fingerprint density at radius 2 is 2.38 bits per heavy atom. The van der Waals surface area contributed by atoms with Crippen LogP contribution in [0.2, 0.25) is 0 Å². The fourth-order valence-corrected chi connectivity index (χ4v) is 1.49. The lowest BCUT2D eigenvalue weighted by atomic mass is 10.1. The lowest BCUT2D eigenvalue weighted by Crippen LogP contribution is -2.20. The van der Waals surface area contributed by atoms with Crippen LogP contribution in [0, 0.1) is 0 Å². The Balaban J connectivity index is 2.49. The second-order valence-corrected chi connectivity index (χ2v) is 3.65. The van der Waals surface area contributed by atoms with Gasteiger partial charge in [0.05, 0.1) is 17.9 Å². The minimum atomic E-state index is 0.00463. The lowest BCUT2D eigenvalue weighted by molar-refractivity contribution is 0.599. The van der Waals surface area contributed by atoms with Crippen LogP contribution in [-0.4, -0.2) is 15.9 Å². The van der Waals surface area contributed by atoms with Crippen molar-refractivity contribution in [3.63, 3.8) is 0 Å². The normalized spacial score (nSPS) is 20.8. The molecular weight excluding hydrogens is 164 g/mol. The molecule has 0 fully saturated rings. The summed E-state index contributed by atoms with van der Waals surface area (Å²) in [7, 11) is 0. The summed E-state index contributed by atoms with van der Waals surface area (Å²) in [6.45, 7) is 4.25. The first-order chi connectivity index (χ1) is 6.20. The zero-order valence-electron chi connectivity index (χ0n) is 7.94. The van der Waals surface area contributed by atoms with Crippen LogP contribution in [0.3, 0.4) is 0 Å². The summed E-state index contributed by atoms with van der Waals surface area (Å²) in [5.74, 6) is 1.31. The molecule has 0 amide bonds. The minimum Gasteiger partial charge on any atom is -0.321 e. The highest BCUT2D eigenvalue weighted by Crippen LogP contribution is 2.22. The Morgan fingerprint density at radius 3 is 3.08 bits per heavy atom. The molecular formula is C9H14N4. The predicted octanol–water partition coefficient (Wildman–Crippen LogP) is 1.24. The van der Waals surface area contributed by atoms with Crippen molar-refractivity contribution >= 4 is 6.21 Å². The van der Waals surface area contributed by atoms with Gasteiger partial charge in [-0.1, -0.05) is 13.8 Å². The average molecular weight is 178 g/mol. The molecule has 1 aromatic rings. The van der Waals surface area contributed by atoms with Gasteiger partial charge in [0.1, 0.15) is 5.82 Å². The highest BCUT2D eigenvalue weighted by molar-refractivity contribution is 5.59. The smallest absolute Gasteiger partial charge is 0.147 e. The summed E-state index contributed by atoms with van der Waals surface area (Å²) in [6, 6.07) is 0.00463. The van der Waals surface area contributed by atoms with E-state index in [0.29, 0.717) is 5.92 Å². The third-order valence-electron chi connectivity index (χ3n) is 2.27. The summed E-state index contributed by atoms with van der Waals surface area (Å²) in [5, 5.41) is 4.27. The van der Waals surface area contributed by atoms with Gasteiger partial charge >= 0.3 is 0 Å². The Bertz CT molecular complexity index is 337. The predicted molar refractivity (Wildman–Crippen MR) is 51.8 cm³/mol. The van der Waals surface area contributed by atoms with E-state index in [-0.39, 0.29) is 6.04 Å². The fourth-order valence-electron chi connectivity index (χ4n) is 1.49. The topological polar surface area (TPSA) is 56.2 Å². The summed E-state index contributed by atoms with van der Waals surface area (Å²) >= 11 is 0. The molecule has 1 aliphatic heterocycles. The Morgan fingerprint density at radius 1 is 1.62 bits per heavy atom. The Kier molecular flexibility index (Phi) is 1.92. The quantitative estimate of drug-likeness (QED) is 0.703. The second-order valence-electron chi connectivity index (χ2n) is 3.65. The third-order valence-corrected chi connectivity index (χ3v) is 2.27. The highest BCUT2D eigenvalue weighted by Gasteiger charge is 2.19. The van der Waals surface area contributed by atoms with Gasteiger partial charge in [-0.15, -0.1) is 0 Å². The maximum absolute atomic E-state index is 5.89. The number of hydrogen-bond donors (Lipinski definition) is 1. The molecule has 0 saturated heterocycles. The maximum Gasteiger partial charge on any atom is 0.147 e. The number of imidazole rings is 1. The van der Waals surface area contributed by atoms with E-state index in [2.05, 4.69) is 23.9 Å². The highest BCUT2D eigenvalue weighted by atomic mass is 15.4. The molecule has 1 aromatic heterocycles. The maximum atomic E-state index is 5.89. The van der Waals surface area contributed by atoms with E-state index in [0.717, 1.165) is 17.9 Å². The molecule has 4 heteroatoms. The molecule has 0 radical (unpaired) electrons. The first kappa shape index (κ1) is 8.44. The van der Waals surface area contributed by atoms with Crippen LogP contribution in [0.4, 0.5) is 0 Å². The fraction of sp³-hybridized carbons (Fsp3) is 0.556. The zero-order chi connectivity index (χ0) is 9.42. The number of rotatable bonds is 1. The van der Waals surface area contributed by atoms with Gasteiger partial charge in [-0.05, 0) is 5.92 Å². The van der Waals surface area contributed by atoms with Crippen molar-refractivity contribution in [1.29, 1.82) is 0 Å². The second kappa shape index (κ2) is 2.96. The molecule has 70 valence electrons. The van der Waals surface area contributed by atoms with E-state index in [1.165, 1.54) is 0 Å². The molecule has 2 heterocycles. The molecule has 0 spiro atoms. The summed E-state index contributed by atoms with van der Waals surface area (Å²) in [6.07, 6.45) is 4.50. The van der Waals surface area contributed by atoms with E-state index in [9.17, 15) is 0 Å². The van der Waals surface area contributed by atoms with Gasteiger partial charge in [0, 0.05) is 12.6 Å². The molecule has 0 aliphatic carbocycles. The van der Waals surface area contributed by atoms with Crippen LogP contribution in [0.5, 0.6) is 0 Å². The van der Waals surface area contributed by atoms with Crippen LogP contribution in [0.1, 0.15) is 43.7 Å². The van der Waals surface area contributed by atoms with Gasteiger partial charge in [0.25, 0.3) is 0 Å². The summed E-state index contributed by atoms with van der Waals surface area (Å²) in [4.78, 5) is 4.28. The van der Waals surface area contributed by atoms with Crippen molar-refractivity contribution in [2.45, 2.75) is 32.2 Å². The number of hydrogen-bond acceptors (Lipinski definition) is 3. The number of nitrogens with zero attached hydrogens (tertiary/aromatic N) is 3. The Hall–Kier alpha value is -1.16. The van der Waals surface area contributed by atoms with E-state index in [1.54, 1.807) is 0 Å². The van der Waals surface area contributed by atoms with E-state index in [4.69, 9.17) is 5.73 Å². The molecule has 4 nitrogen and oxygen atoms in total. The van der Waals surface area contributed by atoms with E-state index >= 15 is 0 Å². The minimum absolute atomic E-state index is 0.00463. The monoisotopic (exact) mass is 178 g/mol. The molecule has 2 rings (SSSR count). The number of nitrogens with two attached hydrogens (primary N) is 1. The SMILES string of the molecule is CC(C)c1cnc2n1N=CCC2N. The van der Waals surface area contributed by atoms with Gasteiger partial charge in [-0.2, -0.15) is 5.10 Å². The first-order valence-electron chi connectivity index (χ1n) is 4.56. The first-order valence-corrected chi connectivity index (χ1v) is 4.56. The standard InChI is InChI=1S/C9H14N4/c1-6(2)8-5-11-9-7(10)3-4-12-13(8)9/h4-7H,3,10H2,1-2H3. The molecule has 0 aromatic carbocycles. The summed E-state index contributed by atoms with van der Waals surface area (Å²) < 4.78 is 1.86. The van der Waals surface area contributed by atoms with Crippen molar-refractivity contribution in [2.24, 2.45) is 10.8 Å². The van der Waals surface area contributed by atoms with Crippen LogP contribution in [-0.2, 0) is 0 Å². The zero-order valence-corrected chi connectivity index (χ0v) is 7.94. The van der Waals surface area contributed by atoms with Gasteiger partial charge in [-0.3, -0.25) is 0 Å². The van der Waals surface area contributed by atoms with E-state index in [1.807, 2.05) is 17.1 Å². The van der Waals surface area contributed by atoms with Crippen molar-refractivity contribution in [3.8, 4) is 0 Å². The molecule has 2 N–H and O–H groups in total. The molecule has 0 saturated carbocycles. The van der Waals surface area contributed by atoms with Crippen LogP contribution in [0.15, 0.2) is 11.3 Å². The van der Waals surface area contributed by atoms with Gasteiger partial charge < -0.3 is 5.73 Å². The van der Waals surface area contributed by atoms with Crippen LogP contribution < -0.4 is 5.73 Å². The van der Waals surface area contributed by atoms with Crippen LogP contribution >= 0.6 is 0 Å². The average Bonchev–Trinajstić information content (AvgIpc) is 2.48. The molecule has 13 heavy (non-hydrogen) atoms. The van der Waals surface area contributed by atoms with Crippen molar-refractivity contribution in [1.82, 2.24) is 9.66 Å². The van der Waals surface area contributed by atoms with Gasteiger partial charge in [0.15, 0.2) is 0 Å². The molecule has 1 atom stereocenters. The Labute approximate surface area is 77.5 Å². The van der Waals surface area contributed by atoms with Crippen LogP contribution in [0.25, 0.3) is 0 Å². The molecule has 1 unspecified atom stereocenters. The summed E-state index contributed by atoms with van der Waals surface area (Å²) in [5.41, 5.74) is 7.01. The van der Waals surface area contributed by atoms with Crippen molar-refractivity contribution in [3.05, 3.63) is 17.7 Å². The van der Waals surface area contributed by atoms with Gasteiger partial charge in [-0.25, -0.2) is 9.66 Å². The molecule has 1 aliphatic rings. The largest absolute Gasteiger partial charge is 0.321 e. The number of fused-ring (bicyclic) bond motifs is 1. The third kappa shape index (κ3) is 1.27. The van der Waals surface area contributed by atoms with Gasteiger partial charge in [0.2, 0.25) is 0 Å². The lowest BCUT2D eigenvalue weighted by Gasteiger charge is -2.15. The van der Waals surface area contributed by atoms with Crippen molar-refractivity contribution in [2.75, 3.05) is 0 Å².